The zero-order valence-electron chi connectivity index (χ0n) is 20.1. The summed E-state index contributed by atoms with van der Waals surface area (Å²) < 4.78 is 36.4. The van der Waals surface area contributed by atoms with Crippen LogP contribution in [0.4, 0.5) is 20.3 Å². The van der Waals surface area contributed by atoms with Crippen molar-refractivity contribution in [2.45, 2.75) is 50.9 Å². The van der Waals surface area contributed by atoms with Crippen molar-refractivity contribution in [1.82, 2.24) is 19.8 Å². The molecule has 2 aromatic rings. The summed E-state index contributed by atoms with van der Waals surface area (Å²) in [5.74, 6) is -0.108. The van der Waals surface area contributed by atoms with Crippen molar-refractivity contribution >= 4 is 17.4 Å². The fourth-order valence-corrected chi connectivity index (χ4v) is 4.68. The molecule has 1 aromatic carbocycles. The van der Waals surface area contributed by atoms with Crippen molar-refractivity contribution < 1.29 is 18.3 Å². The molecule has 0 aliphatic carbocycles. The van der Waals surface area contributed by atoms with Gasteiger partial charge < -0.3 is 21.5 Å². The third-order valence-corrected chi connectivity index (χ3v) is 6.47. The zero-order valence-corrected chi connectivity index (χ0v) is 20.1. The van der Waals surface area contributed by atoms with Gasteiger partial charge in [-0.05, 0) is 51.7 Å². The number of carbonyl (C=O) groups is 1. The van der Waals surface area contributed by atoms with Crippen LogP contribution < -0.4 is 27.2 Å². The normalized spacial score (nSPS) is 17.9. The van der Waals surface area contributed by atoms with Crippen LogP contribution in [0.1, 0.15) is 49.0 Å². The first-order valence-electron chi connectivity index (χ1n) is 11.8. The molecule has 0 atom stereocenters. The molecule has 190 valence electrons. The first-order chi connectivity index (χ1) is 16.5. The highest BCUT2D eigenvalue weighted by Gasteiger charge is 2.37. The number of fused-ring (bicyclic) bond motifs is 1. The molecular formula is C24H32F2N6O3. The van der Waals surface area contributed by atoms with Gasteiger partial charge in [0.1, 0.15) is 22.9 Å². The number of rotatable bonds is 6. The van der Waals surface area contributed by atoms with E-state index in [0.29, 0.717) is 49.5 Å². The summed E-state index contributed by atoms with van der Waals surface area (Å²) in [5.41, 5.74) is 9.78. The van der Waals surface area contributed by atoms with Gasteiger partial charge >= 0.3 is 5.69 Å². The van der Waals surface area contributed by atoms with Gasteiger partial charge in [-0.3, -0.25) is 14.3 Å². The van der Waals surface area contributed by atoms with E-state index in [9.17, 15) is 14.0 Å². The molecular weight excluding hydrogens is 458 g/mol. The number of benzene rings is 1. The molecule has 35 heavy (non-hydrogen) atoms. The molecule has 0 unspecified atom stereocenters. The van der Waals surface area contributed by atoms with E-state index in [-0.39, 0.29) is 43.0 Å². The first kappa shape index (κ1) is 24.9. The number of aromatic nitrogens is 2. The molecule has 1 fully saturated rings. The molecule has 3 heterocycles. The Kier molecular flexibility index (Phi) is 6.72. The third-order valence-electron chi connectivity index (χ3n) is 6.47. The zero-order chi connectivity index (χ0) is 25.4. The van der Waals surface area contributed by atoms with E-state index < -0.39 is 22.9 Å². The van der Waals surface area contributed by atoms with E-state index >= 15 is 4.39 Å². The van der Waals surface area contributed by atoms with Gasteiger partial charge in [-0.2, -0.15) is 4.98 Å². The molecule has 11 heteroatoms. The fourth-order valence-electron chi connectivity index (χ4n) is 4.68. The van der Waals surface area contributed by atoms with Gasteiger partial charge in [0.25, 0.3) is 5.91 Å². The van der Waals surface area contributed by atoms with Gasteiger partial charge in [0.2, 0.25) is 0 Å². The van der Waals surface area contributed by atoms with E-state index in [4.69, 9.17) is 16.2 Å². The molecule has 0 radical (unpaired) electrons. The number of nitrogens with one attached hydrogen (secondary N) is 1. The Bertz CT molecular complexity index is 1170. The molecule has 1 aromatic heterocycles. The number of halogens is 2. The fraction of sp³-hybridized carbons (Fsp3) is 0.542. The highest BCUT2D eigenvalue weighted by molar-refractivity contribution is 5.99. The van der Waals surface area contributed by atoms with Gasteiger partial charge in [0.05, 0.1) is 30.1 Å². The van der Waals surface area contributed by atoms with E-state index in [1.54, 1.807) is 0 Å². The monoisotopic (exact) mass is 490 g/mol. The highest BCUT2D eigenvalue weighted by atomic mass is 19.1. The van der Waals surface area contributed by atoms with Crippen LogP contribution in [0.15, 0.2) is 23.1 Å². The van der Waals surface area contributed by atoms with Crippen molar-refractivity contribution in [3.63, 3.8) is 0 Å². The largest absolute Gasteiger partial charge is 0.492 e. The average molecular weight is 491 g/mol. The van der Waals surface area contributed by atoms with Crippen molar-refractivity contribution in [1.29, 1.82) is 0 Å². The maximum atomic E-state index is 15.4. The Balaban J connectivity index is 1.55. The third kappa shape index (κ3) is 5.55. The maximum Gasteiger partial charge on any atom is 0.354 e. The minimum absolute atomic E-state index is 0.0680. The van der Waals surface area contributed by atoms with Crippen molar-refractivity contribution in [2.75, 3.05) is 44.3 Å². The van der Waals surface area contributed by atoms with Gasteiger partial charge in [0, 0.05) is 31.4 Å². The maximum absolute atomic E-state index is 15.4. The van der Waals surface area contributed by atoms with E-state index in [0.717, 1.165) is 0 Å². The second kappa shape index (κ2) is 9.44. The predicted molar refractivity (Wildman–Crippen MR) is 130 cm³/mol. The summed E-state index contributed by atoms with van der Waals surface area (Å²) in [6.45, 7) is 4.31. The van der Waals surface area contributed by atoms with Gasteiger partial charge in [-0.1, -0.05) is 0 Å². The van der Waals surface area contributed by atoms with Crippen LogP contribution in [0.25, 0.3) is 5.69 Å². The lowest BCUT2D eigenvalue weighted by Gasteiger charge is -2.38. The summed E-state index contributed by atoms with van der Waals surface area (Å²) in [5, 5.41) is 2.69. The van der Waals surface area contributed by atoms with Crippen LogP contribution in [0, 0.1) is 0 Å². The topological polar surface area (TPSA) is 128 Å². The van der Waals surface area contributed by atoms with Crippen LogP contribution in [0.5, 0.6) is 5.75 Å². The second-order valence-corrected chi connectivity index (χ2v) is 9.95. The van der Waals surface area contributed by atoms with Crippen molar-refractivity contribution in [3.05, 3.63) is 39.9 Å². The second-order valence-electron chi connectivity index (χ2n) is 9.95. The molecule has 4 rings (SSSR count). The highest BCUT2D eigenvalue weighted by Crippen LogP contribution is 2.37. The van der Waals surface area contributed by atoms with Crippen molar-refractivity contribution in [2.24, 2.45) is 0 Å². The summed E-state index contributed by atoms with van der Waals surface area (Å²) in [6, 6.07) is 2.92. The molecule has 0 spiro atoms. The van der Waals surface area contributed by atoms with Crippen LogP contribution in [-0.4, -0.2) is 64.5 Å². The Morgan fingerprint density at radius 2 is 2.03 bits per heavy atom. The average Bonchev–Trinajstić information content (AvgIpc) is 2.79. The Morgan fingerprint density at radius 3 is 2.69 bits per heavy atom. The Labute approximate surface area is 202 Å². The number of amides is 1. The molecule has 1 amide bonds. The SMILES string of the molecule is CC(C)(F)CN1CCC(F)(CNC(=O)c2cc(-n3ccc(N)nc3=O)c(N)c3c2OCCC3)CC1. The van der Waals surface area contributed by atoms with Gasteiger partial charge in [-0.25, -0.2) is 13.6 Å². The molecule has 5 N–H and O–H groups in total. The Hall–Kier alpha value is -3.21. The number of anilines is 2. The quantitative estimate of drug-likeness (QED) is 0.529. The van der Waals surface area contributed by atoms with E-state index in [2.05, 4.69) is 10.3 Å². The van der Waals surface area contributed by atoms with E-state index in [1.165, 1.54) is 36.7 Å². The Morgan fingerprint density at radius 1 is 1.31 bits per heavy atom. The number of carbonyl (C=O) groups excluding carboxylic acids is 1. The van der Waals surface area contributed by atoms with Crippen molar-refractivity contribution in [3.8, 4) is 11.4 Å². The number of alkyl halides is 2. The number of nitrogen functional groups attached to an aromatic ring is 2. The predicted octanol–water partition coefficient (Wildman–Crippen LogP) is 2.00. The smallest absolute Gasteiger partial charge is 0.354 e. The molecule has 2 aliphatic heterocycles. The number of ether oxygens (including phenoxy) is 1. The summed E-state index contributed by atoms with van der Waals surface area (Å²) in [6.07, 6.45) is 3.10. The minimum atomic E-state index is -1.60. The molecule has 0 saturated carbocycles. The van der Waals surface area contributed by atoms with Crippen LogP contribution >= 0.6 is 0 Å². The molecule has 2 aliphatic rings. The number of likely N-dealkylation sites (tertiary alicyclic amines) is 1. The number of hydrogen-bond acceptors (Lipinski definition) is 7. The summed E-state index contributed by atoms with van der Waals surface area (Å²) in [7, 11) is 0. The summed E-state index contributed by atoms with van der Waals surface area (Å²) in [4.78, 5) is 31.3. The van der Waals surface area contributed by atoms with Crippen LogP contribution in [0.2, 0.25) is 0 Å². The molecule has 0 bridgehead atoms. The van der Waals surface area contributed by atoms with Crippen LogP contribution in [-0.2, 0) is 6.42 Å². The first-order valence-corrected chi connectivity index (χ1v) is 11.8. The standard InChI is InChI=1S/C24H32F2N6O3/c1-23(2,25)14-31-9-6-24(26,7-10-31)13-29-21(33)16-12-17(32-8-5-18(27)30-22(32)34)19(28)15-4-3-11-35-20(15)16/h5,8,12H,3-4,6-7,9-11,13-14,28H2,1-2H3,(H,29,33)(H2,27,30,34). The minimum Gasteiger partial charge on any atom is -0.492 e. The van der Waals surface area contributed by atoms with Gasteiger partial charge in [-0.15, -0.1) is 0 Å². The lowest BCUT2D eigenvalue weighted by molar-refractivity contribution is 0.0322. The number of nitrogens with zero attached hydrogens (tertiary/aromatic N) is 3. The van der Waals surface area contributed by atoms with Crippen LogP contribution in [0.3, 0.4) is 0 Å². The summed E-state index contributed by atoms with van der Waals surface area (Å²) >= 11 is 0. The number of nitrogens with two attached hydrogens (primary N) is 2. The van der Waals surface area contributed by atoms with E-state index in [1.807, 2.05) is 4.90 Å². The molecule has 9 nitrogen and oxygen atoms in total. The molecule has 1 saturated heterocycles. The number of hydrogen-bond donors (Lipinski definition) is 3. The lowest BCUT2D eigenvalue weighted by atomic mass is 9.92. The van der Waals surface area contributed by atoms with Gasteiger partial charge in [0.15, 0.2) is 0 Å². The lowest BCUT2D eigenvalue weighted by Crippen LogP contribution is -2.50. The number of piperidine rings is 1.